The quantitative estimate of drug-likeness (QED) is 0.370. The second-order valence-electron chi connectivity index (χ2n) is 9.19. The lowest BCUT2D eigenvalue weighted by molar-refractivity contribution is -0.0152. The van der Waals surface area contributed by atoms with Gasteiger partial charge in [0.15, 0.2) is 0 Å². The van der Waals surface area contributed by atoms with Crippen molar-refractivity contribution in [3.63, 3.8) is 0 Å². The van der Waals surface area contributed by atoms with E-state index in [1.807, 2.05) is 0 Å². The molecule has 0 radical (unpaired) electrons. The zero-order chi connectivity index (χ0) is 26.5. The van der Waals surface area contributed by atoms with Gasteiger partial charge in [-0.15, -0.1) is 0 Å². The topological polar surface area (TPSA) is 144 Å². The van der Waals surface area contributed by atoms with Crippen molar-refractivity contribution >= 4 is 16.0 Å². The summed E-state index contributed by atoms with van der Waals surface area (Å²) in [6.07, 6.45) is 1.76. The number of rotatable bonds is 11. The van der Waals surface area contributed by atoms with Gasteiger partial charge in [0.1, 0.15) is 18.5 Å². The Bertz CT molecular complexity index is 1140. The molecule has 1 spiro atoms. The van der Waals surface area contributed by atoms with Crippen molar-refractivity contribution in [1.82, 2.24) is 20.0 Å². The summed E-state index contributed by atoms with van der Waals surface area (Å²) in [7, 11) is 0.921. The Labute approximate surface area is 217 Å². The van der Waals surface area contributed by atoms with Crippen LogP contribution in [-0.2, 0) is 14.8 Å². The Morgan fingerprint density at radius 3 is 2.54 bits per heavy atom. The van der Waals surface area contributed by atoms with E-state index in [1.54, 1.807) is 32.4 Å². The van der Waals surface area contributed by atoms with Crippen LogP contribution < -0.4 is 29.1 Å². The number of piperidine rings is 1. The Morgan fingerprint density at radius 1 is 1.19 bits per heavy atom. The van der Waals surface area contributed by atoms with E-state index in [9.17, 15) is 13.5 Å². The number of methoxy groups -OCH3 is 2. The highest BCUT2D eigenvalue weighted by Crippen LogP contribution is 2.37. The minimum absolute atomic E-state index is 0.0355. The molecule has 12 nitrogen and oxygen atoms in total. The number of aliphatic hydroxyl groups is 1. The standard InChI is InChI=1S/C24H35N5O7S/c1-25-37(31,32)20-6-4-5-19(11-20)35-16-18(30)14-26-17-13-24(36-15-17)7-9-29(10-8-24)23-27-21(33-2)12-22(28-23)34-3/h4-6,11-12,17-18,25-26,30H,7-10,13-16H2,1-3H3/t17?,18-/m0/s1. The molecule has 0 saturated carbocycles. The normalized spacial score (nSPS) is 20.1. The van der Waals surface area contributed by atoms with Crippen LogP contribution in [0.3, 0.4) is 0 Å². The summed E-state index contributed by atoms with van der Waals surface area (Å²) in [4.78, 5) is 11.1. The molecule has 204 valence electrons. The Balaban J connectivity index is 1.22. The van der Waals surface area contributed by atoms with Crippen LogP contribution in [0.2, 0.25) is 0 Å². The molecule has 2 aliphatic rings. The predicted molar refractivity (Wildman–Crippen MR) is 136 cm³/mol. The number of nitrogens with zero attached hydrogens (tertiary/aromatic N) is 3. The highest BCUT2D eigenvalue weighted by molar-refractivity contribution is 7.89. The molecule has 0 amide bonds. The molecule has 1 aromatic heterocycles. The van der Waals surface area contributed by atoms with Crippen molar-refractivity contribution in [1.29, 1.82) is 0 Å². The van der Waals surface area contributed by atoms with Gasteiger partial charge in [-0.05, 0) is 38.4 Å². The maximum Gasteiger partial charge on any atom is 0.240 e. The SMILES string of the molecule is CNS(=O)(=O)c1cccc(OC[C@@H](O)CNC2COC3(CCN(c4nc(OC)cc(OC)n4)CC3)C2)c1. The monoisotopic (exact) mass is 537 g/mol. The minimum atomic E-state index is -3.56. The fraction of sp³-hybridized carbons (Fsp3) is 0.583. The van der Waals surface area contributed by atoms with Crippen LogP contribution in [-0.4, -0.2) is 95.4 Å². The van der Waals surface area contributed by atoms with E-state index in [0.717, 1.165) is 32.4 Å². The first-order valence-corrected chi connectivity index (χ1v) is 13.7. The molecule has 2 aliphatic heterocycles. The summed E-state index contributed by atoms with van der Waals surface area (Å²) in [5.74, 6) is 1.88. The number of aliphatic hydroxyl groups excluding tert-OH is 1. The number of sulfonamides is 1. The lowest BCUT2D eigenvalue weighted by atomic mass is 9.87. The van der Waals surface area contributed by atoms with Gasteiger partial charge < -0.3 is 34.3 Å². The highest BCUT2D eigenvalue weighted by atomic mass is 32.2. The van der Waals surface area contributed by atoms with Crippen molar-refractivity contribution in [2.45, 2.75) is 41.9 Å². The summed E-state index contributed by atoms with van der Waals surface area (Å²) in [5, 5.41) is 13.8. The number of anilines is 1. The molecule has 37 heavy (non-hydrogen) atoms. The molecule has 0 aliphatic carbocycles. The first-order chi connectivity index (χ1) is 17.8. The van der Waals surface area contributed by atoms with E-state index in [2.05, 4.69) is 24.9 Å². The van der Waals surface area contributed by atoms with E-state index in [4.69, 9.17) is 18.9 Å². The van der Waals surface area contributed by atoms with Crippen LogP contribution in [0.1, 0.15) is 19.3 Å². The molecular formula is C24H35N5O7S. The van der Waals surface area contributed by atoms with Gasteiger partial charge in [-0.25, -0.2) is 13.1 Å². The number of hydrogen-bond acceptors (Lipinski definition) is 11. The Hall–Kier alpha value is -2.71. The second kappa shape index (κ2) is 11.8. The maximum absolute atomic E-state index is 12.0. The fourth-order valence-electron chi connectivity index (χ4n) is 4.58. The third-order valence-corrected chi connectivity index (χ3v) is 8.13. The van der Waals surface area contributed by atoms with Crippen molar-refractivity contribution in [2.24, 2.45) is 0 Å². The van der Waals surface area contributed by atoms with Gasteiger partial charge in [-0.1, -0.05) is 6.07 Å². The molecule has 3 heterocycles. The van der Waals surface area contributed by atoms with E-state index in [-0.39, 0.29) is 23.1 Å². The number of aromatic nitrogens is 2. The van der Waals surface area contributed by atoms with Crippen molar-refractivity contribution < 1.29 is 32.5 Å². The smallest absolute Gasteiger partial charge is 0.240 e. The minimum Gasteiger partial charge on any atom is -0.491 e. The third kappa shape index (κ3) is 6.79. The Kier molecular flexibility index (Phi) is 8.70. The molecule has 1 unspecified atom stereocenters. The lowest BCUT2D eigenvalue weighted by Crippen LogP contribution is -2.45. The van der Waals surface area contributed by atoms with E-state index in [1.165, 1.54) is 19.2 Å². The zero-order valence-corrected chi connectivity index (χ0v) is 22.2. The van der Waals surface area contributed by atoms with Gasteiger partial charge in [0, 0.05) is 31.7 Å². The van der Waals surface area contributed by atoms with Gasteiger partial charge >= 0.3 is 0 Å². The summed E-state index contributed by atoms with van der Waals surface area (Å²) in [6.45, 7) is 2.45. The number of benzene rings is 1. The zero-order valence-electron chi connectivity index (χ0n) is 21.3. The van der Waals surface area contributed by atoms with E-state index in [0.29, 0.717) is 36.6 Å². The van der Waals surface area contributed by atoms with Crippen LogP contribution in [0.25, 0.3) is 0 Å². The molecule has 3 N–H and O–H groups in total. The Morgan fingerprint density at radius 2 is 1.89 bits per heavy atom. The molecule has 2 atom stereocenters. The summed E-state index contributed by atoms with van der Waals surface area (Å²) in [6, 6.07) is 7.94. The third-order valence-electron chi connectivity index (χ3n) is 6.72. The van der Waals surface area contributed by atoms with Gasteiger partial charge in [-0.2, -0.15) is 9.97 Å². The average Bonchev–Trinajstić information content (AvgIpc) is 3.33. The van der Waals surface area contributed by atoms with Gasteiger partial charge in [0.2, 0.25) is 27.7 Å². The lowest BCUT2D eigenvalue weighted by Gasteiger charge is -2.38. The average molecular weight is 538 g/mol. The molecular weight excluding hydrogens is 502 g/mol. The first-order valence-electron chi connectivity index (χ1n) is 12.2. The molecule has 2 fully saturated rings. The van der Waals surface area contributed by atoms with Crippen LogP contribution in [0.5, 0.6) is 17.5 Å². The van der Waals surface area contributed by atoms with Gasteiger partial charge in [0.25, 0.3) is 0 Å². The van der Waals surface area contributed by atoms with E-state index < -0.39 is 16.1 Å². The largest absolute Gasteiger partial charge is 0.491 e. The van der Waals surface area contributed by atoms with Crippen LogP contribution in [0.4, 0.5) is 5.95 Å². The van der Waals surface area contributed by atoms with Crippen molar-refractivity contribution in [3.05, 3.63) is 30.3 Å². The van der Waals surface area contributed by atoms with Gasteiger partial charge in [0.05, 0.1) is 37.4 Å². The van der Waals surface area contributed by atoms with E-state index >= 15 is 0 Å². The number of nitrogens with one attached hydrogen (secondary N) is 2. The van der Waals surface area contributed by atoms with Gasteiger partial charge in [-0.3, -0.25) is 0 Å². The molecule has 2 saturated heterocycles. The van der Waals surface area contributed by atoms with Crippen LogP contribution >= 0.6 is 0 Å². The summed E-state index contributed by atoms with van der Waals surface area (Å²) in [5.41, 5.74) is -0.210. The van der Waals surface area contributed by atoms with Crippen LogP contribution in [0.15, 0.2) is 35.2 Å². The second-order valence-corrected chi connectivity index (χ2v) is 11.1. The van der Waals surface area contributed by atoms with Crippen LogP contribution in [0, 0.1) is 0 Å². The summed E-state index contributed by atoms with van der Waals surface area (Å²) < 4.78 is 48.5. The first kappa shape index (κ1) is 27.3. The van der Waals surface area contributed by atoms with Crippen molar-refractivity contribution in [3.8, 4) is 17.5 Å². The number of hydrogen-bond donors (Lipinski definition) is 3. The fourth-order valence-corrected chi connectivity index (χ4v) is 5.35. The molecule has 13 heteroatoms. The summed E-state index contributed by atoms with van der Waals surface area (Å²) >= 11 is 0. The molecule has 1 aromatic carbocycles. The molecule has 4 rings (SSSR count). The molecule has 0 bridgehead atoms. The predicted octanol–water partition coefficient (Wildman–Crippen LogP) is 0.559. The molecule has 2 aromatic rings. The highest BCUT2D eigenvalue weighted by Gasteiger charge is 2.43. The van der Waals surface area contributed by atoms with Crippen molar-refractivity contribution in [2.75, 3.05) is 59.0 Å². The number of ether oxygens (including phenoxy) is 4. The maximum atomic E-state index is 12.0.